The maximum Gasteiger partial charge on any atom is 0.339 e. The van der Waals surface area contributed by atoms with E-state index >= 15 is 0 Å². The fraction of sp³-hybridized carbons (Fsp3) is 0.174. The van der Waals surface area contributed by atoms with Crippen LogP contribution in [0.4, 0.5) is 0 Å². The average Bonchev–Trinajstić information content (AvgIpc) is 3.05. The van der Waals surface area contributed by atoms with E-state index in [9.17, 15) is 9.59 Å². The molecule has 0 bridgehead atoms. The Hall–Kier alpha value is -3.87. The number of aromatic nitrogens is 1. The van der Waals surface area contributed by atoms with Crippen LogP contribution >= 0.6 is 0 Å². The van der Waals surface area contributed by atoms with E-state index in [1.165, 1.54) is 21.3 Å². The Bertz CT molecular complexity index is 1210. The van der Waals surface area contributed by atoms with Gasteiger partial charge in [-0.15, -0.1) is 0 Å². The van der Waals surface area contributed by atoms with Crippen molar-refractivity contribution in [2.75, 3.05) is 27.9 Å². The summed E-state index contributed by atoms with van der Waals surface area (Å²) in [6.45, 7) is 3.81. The Kier molecular flexibility index (Phi) is 4.87. The SMILES string of the molecule is C=CCOc1c(OC)c(OC)cc2c1C(=O)c1c-2nc2ccccc2c1C(=O)OC. The summed E-state index contributed by atoms with van der Waals surface area (Å²) in [5.74, 6) is -0.124. The highest BCUT2D eigenvalue weighted by molar-refractivity contribution is 6.29. The number of ketones is 1. The summed E-state index contributed by atoms with van der Waals surface area (Å²) in [5, 5.41) is 0.539. The van der Waals surface area contributed by atoms with Gasteiger partial charge in [-0.3, -0.25) is 4.79 Å². The number of ether oxygens (including phenoxy) is 4. The lowest BCUT2D eigenvalue weighted by Crippen LogP contribution is -2.11. The molecular weight excluding hydrogens is 386 g/mol. The monoisotopic (exact) mass is 405 g/mol. The number of pyridine rings is 1. The first-order valence-corrected chi connectivity index (χ1v) is 9.16. The molecule has 3 aromatic rings. The van der Waals surface area contributed by atoms with Crippen molar-refractivity contribution >= 4 is 22.7 Å². The first-order valence-electron chi connectivity index (χ1n) is 9.16. The van der Waals surface area contributed by atoms with E-state index in [0.29, 0.717) is 27.9 Å². The lowest BCUT2D eigenvalue weighted by molar-refractivity contribution is 0.0600. The highest BCUT2D eigenvalue weighted by atomic mass is 16.5. The number of hydrogen-bond acceptors (Lipinski definition) is 7. The van der Waals surface area contributed by atoms with Gasteiger partial charge >= 0.3 is 5.97 Å². The van der Waals surface area contributed by atoms with E-state index in [1.807, 2.05) is 6.07 Å². The fourth-order valence-corrected chi connectivity index (χ4v) is 3.72. The van der Waals surface area contributed by atoms with Gasteiger partial charge in [0.2, 0.25) is 11.5 Å². The smallest absolute Gasteiger partial charge is 0.339 e. The predicted octanol–water partition coefficient (Wildman–Crippen LogP) is 3.81. The number of fused-ring (bicyclic) bond motifs is 4. The van der Waals surface area contributed by atoms with Crippen molar-refractivity contribution in [3.05, 3.63) is 59.7 Å². The summed E-state index contributed by atoms with van der Waals surface area (Å²) in [4.78, 5) is 30.9. The summed E-state index contributed by atoms with van der Waals surface area (Å²) >= 11 is 0. The van der Waals surface area contributed by atoms with E-state index in [-0.39, 0.29) is 34.8 Å². The molecule has 0 fully saturated rings. The zero-order valence-corrected chi connectivity index (χ0v) is 16.8. The minimum atomic E-state index is -0.613. The number of nitrogens with zero attached hydrogens (tertiary/aromatic N) is 1. The molecule has 4 rings (SSSR count). The van der Waals surface area contributed by atoms with E-state index in [0.717, 1.165) is 0 Å². The quantitative estimate of drug-likeness (QED) is 0.356. The largest absolute Gasteiger partial charge is 0.493 e. The molecule has 0 saturated carbocycles. The predicted molar refractivity (Wildman–Crippen MR) is 111 cm³/mol. The molecule has 1 aliphatic rings. The summed E-state index contributed by atoms with van der Waals surface area (Å²) in [6.07, 6.45) is 1.56. The van der Waals surface area contributed by atoms with E-state index in [1.54, 1.807) is 30.3 Å². The Balaban J connectivity index is 2.12. The normalized spacial score (nSPS) is 11.6. The van der Waals surface area contributed by atoms with Gasteiger partial charge in [0, 0.05) is 10.9 Å². The molecule has 7 nitrogen and oxygen atoms in total. The van der Waals surface area contributed by atoms with Crippen molar-refractivity contribution in [1.82, 2.24) is 4.98 Å². The summed E-state index contributed by atoms with van der Waals surface area (Å²) in [5.41, 5.74) is 2.06. The second-order valence-electron chi connectivity index (χ2n) is 6.51. The van der Waals surface area contributed by atoms with Crippen LogP contribution in [0.15, 0.2) is 43.0 Å². The molecule has 0 atom stereocenters. The molecule has 0 radical (unpaired) electrons. The second-order valence-corrected chi connectivity index (χ2v) is 6.51. The number of rotatable bonds is 6. The molecule has 1 aliphatic carbocycles. The molecule has 30 heavy (non-hydrogen) atoms. The van der Waals surface area contributed by atoms with Gasteiger partial charge in [0.25, 0.3) is 0 Å². The molecule has 1 heterocycles. The zero-order valence-electron chi connectivity index (χ0n) is 16.8. The zero-order chi connectivity index (χ0) is 21.4. The van der Waals surface area contributed by atoms with Gasteiger partial charge in [0.05, 0.1) is 49.2 Å². The van der Waals surface area contributed by atoms with Crippen molar-refractivity contribution in [2.24, 2.45) is 0 Å². The Morgan fingerprint density at radius 3 is 2.53 bits per heavy atom. The summed E-state index contributed by atoms with van der Waals surface area (Å²) in [6, 6.07) is 8.77. The van der Waals surface area contributed by atoms with Gasteiger partial charge in [-0.25, -0.2) is 9.78 Å². The highest BCUT2D eigenvalue weighted by Crippen LogP contribution is 2.51. The van der Waals surface area contributed by atoms with Gasteiger partial charge in [0.15, 0.2) is 11.5 Å². The van der Waals surface area contributed by atoms with Crippen molar-refractivity contribution in [3.63, 3.8) is 0 Å². The highest BCUT2D eigenvalue weighted by Gasteiger charge is 2.39. The number of para-hydroxylation sites is 1. The van der Waals surface area contributed by atoms with Gasteiger partial charge in [-0.1, -0.05) is 30.9 Å². The number of carbonyl (C=O) groups excluding carboxylic acids is 2. The van der Waals surface area contributed by atoms with Crippen LogP contribution in [0.25, 0.3) is 22.2 Å². The van der Waals surface area contributed by atoms with Gasteiger partial charge in [-0.2, -0.15) is 0 Å². The summed E-state index contributed by atoms with van der Waals surface area (Å²) < 4.78 is 21.7. The number of methoxy groups -OCH3 is 3. The Morgan fingerprint density at radius 2 is 1.87 bits per heavy atom. The van der Waals surface area contributed by atoms with Crippen LogP contribution in [0.3, 0.4) is 0 Å². The molecular formula is C23H19NO6. The number of carbonyl (C=O) groups is 2. The maximum atomic E-state index is 13.6. The third-order valence-corrected chi connectivity index (χ3v) is 4.96. The standard InChI is InChI=1S/C23H19NO6/c1-5-10-30-22-17-13(11-15(27-2)21(22)28-3)19-18(20(17)25)16(23(26)29-4)12-8-6-7-9-14(12)24-19/h5-9,11H,1,10H2,2-4H3. The van der Waals surface area contributed by atoms with Gasteiger partial charge < -0.3 is 18.9 Å². The van der Waals surface area contributed by atoms with E-state index in [2.05, 4.69) is 11.6 Å². The second kappa shape index (κ2) is 7.51. The maximum absolute atomic E-state index is 13.6. The topological polar surface area (TPSA) is 84.0 Å². The van der Waals surface area contributed by atoms with Crippen LogP contribution in [-0.2, 0) is 4.74 Å². The molecule has 0 spiro atoms. The molecule has 7 heteroatoms. The lowest BCUT2D eigenvalue weighted by Gasteiger charge is -2.16. The van der Waals surface area contributed by atoms with Crippen LogP contribution in [0.5, 0.6) is 17.2 Å². The molecule has 2 aromatic carbocycles. The minimum absolute atomic E-state index is 0.152. The first kappa shape index (κ1) is 19.4. The van der Waals surface area contributed by atoms with E-state index in [4.69, 9.17) is 18.9 Å². The fourth-order valence-electron chi connectivity index (χ4n) is 3.72. The molecule has 0 amide bonds. The van der Waals surface area contributed by atoms with Crippen LogP contribution < -0.4 is 14.2 Å². The van der Waals surface area contributed by atoms with Crippen LogP contribution in [-0.4, -0.2) is 44.7 Å². The first-order chi connectivity index (χ1) is 14.6. The molecule has 0 saturated heterocycles. The van der Waals surface area contributed by atoms with Crippen molar-refractivity contribution < 1.29 is 28.5 Å². The molecule has 0 unspecified atom stereocenters. The third kappa shape index (κ3) is 2.70. The third-order valence-electron chi connectivity index (χ3n) is 4.96. The van der Waals surface area contributed by atoms with Gasteiger partial charge in [-0.05, 0) is 12.1 Å². The molecule has 152 valence electrons. The van der Waals surface area contributed by atoms with Crippen molar-refractivity contribution in [3.8, 4) is 28.5 Å². The van der Waals surface area contributed by atoms with Crippen molar-refractivity contribution in [1.29, 1.82) is 0 Å². The lowest BCUT2D eigenvalue weighted by atomic mass is 9.99. The number of esters is 1. The molecule has 0 N–H and O–H groups in total. The van der Waals surface area contributed by atoms with Crippen LogP contribution in [0, 0.1) is 0 Å². The van der Waals surface area contributed by atoms with Crippen LogP contribution in [0.2, 0.25) is 0 Å². The van der Waals surface area contributed by atoms with Gasteiger partial charge in [0.1, 0.15) is 6.61 Å². The van der Waals surface area contributed by atoms with E-state index < -0.39 is 11.8 Å². The molecule has 0 aliphatic heterocycles. The van der Waals surface area contributed by atoms with Crippen LogP contribution in [0.1, 0.15) is 26.3 Å². The summed E-state index contributed by atoms with van der Waals surface area (Å²) in [7, 11) is 4.23. The number of benzene rings is 2. The minimum Gasteiger partial charge on any atom is -0.493 e. The molecule has 1 aromatic heterocycles. The Labute approximate surface area is 172 Å². The Morgan fingerprint density at radius 1 is 1.10 bits per heavy atom. The number of hydrogen-bond donors (Lipinski definition) is 0. The average molecular weight is 405 g/mol. The van der Waals surface area contributed by atoms with Crippen molar-refractivity contribution in [2.45, 2.75) is 0 Å².